The monoisotopic (exact) mass is 219 g/mol. The van der Waals surface area contributed by atoms with Crippen LogP contribution in [0.15, 0.2) is 0 Å². The molecule has 2 atom stereocenters. The van der Waals surface area contributed by atoms with Crippen LogP contribution < -0.4 is 5.73 Å². The van der Waals surface area contributed by atoms with Crippen LogP contribution in [0, 0.1) is 0 Å². The van der Waals surface area contributed by atoms with E-state index in [1.807, 2.05) is 18.7 Å². The summed E-state index contributed by atoms with van der Waals surface area (Å²) in [5.74, 6) is 2.23. The molecule has 2 unspecified atom stereocenters. The van der Waals surface area contributed by atoms with Crippen LogP contribution in [0.25, 0.3) is 0 Å². The maximum absolute atomic E-state index is 9.39. The number of hydrogen-bond donors (Lipinski definition) is 2. The SMILES string of the molecule is CC(O)C(C)OC1(CN)CCSCC1. The molecular weight excluding hydrogens is 198 g/mol. The summed E-state index contributed by atoms with van der Waals surface area (Å²) in [6.45, 7) is 4.22. The van der Waals surface area contributed by atoms with E-state index in [0.29, 0.717) is 6.54 Å². The Kier molecular flexibility index (Phi) is 4.70. The summed E-state index contributed by atoms with van der Waals surface area (Å²) >= 11 is 1.95. The molecule has 0 bridgehead atoms. The van der Waals surface area contributed by atoms with Crippen LogP contribution in [-0.2, 0) is 4.74 Å². The summed E-state index contributed by atoms with van der Waals surface area (Å²) in [6.07, 6.45) is 1.46. The minimum atomic E-state index is -0.423. The number of nitrogens with two attached hydrogens (primary N) is 1. The van der Waals surface area contributed by atoms with Gasteiger partial charge in [-0.2, -0.15) is 11.8 Å². The molecule has 1 aliphatic rings. The van der Waals surface area contributed by atoms with Crippen LogP contribution in [0.1, 0.15) is 26.7 Å². The quantitative estimate of drug-likeness (QED) is 0.740. The van der Waals surface area contributed by atoms with Crippen LogP contribution in [0.3, 0.4) is 0 Å². The topological polar surface area (TPSA) is 55.5 Å². The lowest BCUT2D eigenvalue weighted by molar-refractivity contribution is -0.122. The Morgan fingerprint density at radius 1 is 1.43 bits per heavy atom. The summed E-state index contributed by atoms with van der Waals surface area (Å²) in [6, 6.07) is 0. The maximum atomic E-state index is 9.39. The van der Waals surface area contributed by atoms with Crippen LogP contribution >= 0.6 is 11.8 Å². The molecular formula is C10H21NO2S. The molecule has 0 aromatic heterocycles. The highest BCUT2D eigenvalue weighted by Gasteiger charge is 2.34. The van der Waals surface area contributed by atoms with Gasteiger partial charge >= 0.3 is 0 Å². The predicted molar refractivity (Wildman–Crippen MR) is 60.6 cm³/mol. The van der Waals surface area contributed by atoms with Crippen molar-refractivity contribution in [1.29, 1.82) is 0 Å². The number of aliphatic hydroxyl groups is 1. The minimum absolute atomic E-state index is 0.123. The molecule has 0 saturated carbocycles. The van der Waals surface area contributed by atoms with Crippen molar-refractivity contribution in [2.75, 3.05) is 18.1 Å². The second-order valence-corrected chi connectivity index (χ2v) is 5.29. The molecule has 1 heterocycles. The van der Waals surface area contributed by atoms with E-state index >= 15 is 0 Å². The predicted octanol–water partition coefficient (Wildman–Crippen LogP) is 0.997. The highest BCUT2D eigenvalue weighted by molar-refractivity contribution is 7.99. The van der Waals surface area contributed by atoms with E-state index in [1.165, 1.54) is 0 Å². The zero-order valence-corrected chi connectivity index (χ0v) is 9.85. The molecule has 1 saturated heterocycles. The van der Waals surface area contributed by atoms with Gasteiger partial charge in [-0.05, 0) is 38.2 Å². The highest BCUT2D eigenvalue weighted by atomic mass is 32.2. The fourth-order valence-corrected chi connectivity index (χ4v) is 2.84. The van der Waals surface area contributed by atoms with Gasteiger partial charge in [0.25, 0.3) is 0 Å². The molecule has 3 nitrogen and oxygen atoms in total. The average Bonchev–Trinajstić information content (AvgIpc) is 2.19. The fraction of sp³-hybridized carbons (Fsp3) is 1.00. The van der Waals surface area contributed by atoms with Crippen molar-refractivity contribution >= 4 is 11.8 Å². The second-order valence-electron chi connectivity index (χ2n) is 4.06. The summed E-state index contributed by atoms with van der Waals surface area (Å²) in [4.78, 5) is 0. The van der Waals surface area contributed by atoms with Crippen molar-refractivity contribution in [1.82, 2.24) is 0 Å². The van der Waals surface area contributed by atoms with Crippen LogP contribution in [-0.4, -0.2) is 41.0 Å². The Bertz CT molecular complexity index is 170. The van der Waals surface area contributed by atoms with Crippen LogP contribution in [0.4, 0.5) is 0 Å². The van der Waals surface area contributed by atoms with E-state index in [1.54, 1.807) is 6.92 Å². The molecule has 3 N–H and O–H groups in total. The highest BCUT2D eigenvalue weighted by Crippen LogP contribution is 2.31. The van der Waals surface area contributed by atoms with E-state index in [2.05, 4.69) is 0 Å². The molecule has 0 aromatic rings. The van der Waals surface area contributed by atoms with Gasteiger partial charge in [-0.25, -0.2) is 0 Å². The van der Waals surface area contributed by atoms with Crippen LogP contribution in [0.2, 0.25) is 0 Å². The van der Waals surface area contributed by atoms with Crippen molar-refractivity contribution in [2.24, 2.45) is 5.73 Å². The molecule has 0 spiro atoms. The molecule has 84 valence electrons. The van der Waals surface area contributed by atoms with Crippen molar-refractivity contribution in [3.8, 4) is 0 Å². The molecule has 14 heavy (non-hydrogen) atoms. The standard InChI is InChI=1S/C10H21NO2S/c1-8(12)9(2)13-10(7-11)3-5-14-6-4-10/h8-9,12H,3-7,11H2,1-2H3. The molecule has 4 heteroatoms. The molecule has 1 aliphatic heterocycles. The van der Waals surface area contributed by atoms with Gasteiger partial charge in [0.2, 0.25) is 0 Å². The zero-order chi connectivity index (χ0) is 10.6. The fourth-order valence-electron chi connectivity index (χ4n) is 1.61. The van der Waals surface area contributed by atoms with Crippen molar-refractivity contribution in [3.05, 3.63) is 0 Å². The number of aliphatic hydroxyl groups excluding tert-OH is 1. The number of rotatable bonds is 4. The van der Waals surface area contributed by atoms with Crippen molar-refractivity contribution < 1.29 is 9.84 Å². The largest absolute Gasteiger partial charge is 0.391 e. The first-order valence-electron chi connectivity index (χ1n) is 5.23. The average molecular weight is 219 g/mol. The van der Waals surface area contributed by atoms with E-state index in [9.17, 15) is 5.11 Å². The Hall–Kier alpha value is 0.230. The number of hydrogen-bond acceptors (Lipinski definition) is 4. The van der Waals surface area contributed by atoms with E-state index in [0.717, 1.165) is 24.3 Å². The lowest BCUT2D eigenvalue weighted by Gasteiger charge is -2.38. The summed E-state index contributed by atoms with van der Waals surface area (Å²) in [5, 5.41) is 9.39. The normalized spacial score (nSPS) is 25.7. The number of ether oxygens (including phenoxy) is 1. The van der Waals surface area contributed by atoms with Crippen LogP contribution in [0.5, 0.6) is 0 Å². The summed E-state index contributed by atoms with van der Waals surface area (Å²) in [7, 11) is 0. The molecule has 0 aliphatic carbocycles. The van der Waals surface area contributed by atoms with Gasteiger partial charge in [0.15, 0.2) is 0 Å². The van der Waals surface area contributed by atoms with Crippen molar-refractivity contribution in [3.63, 3.8) is 0 Å². The van der Waals surface area contributed by atoms with Gasteiger partial charge in [-0.1, -0.05) is 0 Å². The lowest BCUT2D eigenvalue weighted by atomic mass is 9.96. The van der Waals surface area contributed by atoms with Gasteiger partial charge in [0, 0.05) is 6.54 Å². The first kappa shape index (κ1) is 12.3. The third kappa shape index (κ3) is 3.12. The first-order valence-corrected chi connectivity index (χ1v) is 6.39. The third-order valence-electron chi connectivity index (χ3n) is 2.89. The summed E-state index contributed by atoms with van der Waals surface area (Å²) < 4.78 is 5.90. The smallest absolute Gasteiger partial charge is 0.0824 e. The Morgan fingerprint density at radius 3 is 2.43 bits per heavy atom. The van der Waals surface area contributed by atoms with E-state index < -0.39 is 6.10 Å². The molecule has 1 fully saturated rings. The maximum Gasteiger partial charge on any atom is 0.0824 e. The van der Waals surface area contributed by atoms with Gasteiger partial charge in [-0.3, -0.25) is 0 Å². The van der Waals surface area contributed by atoms with Gasteiger partial charge in [-0.15, -0.1) is 0 Å². The third-order valence-corrected chi connectivity index (χ3v) is 3.88. The lowest BCUT2D eigenvalue weighted by Crippen LogP contribution is -2.47. The number of thioether (sulfide) groups is 1. The van der Waals surface area contributed by atoms with Gasteiger partial charge in [0.1, 0.15) is 0 Å². The molecule has 0 aromatic carbocycles. The minimum Gasteiger partial charge on any atom is -0.391 e. The molecule has 0 radical (unpaired) electrons. The second kappa shape index (κ2) is 5.35. The van der Waals surface area contributed by atoms with Gasteiger partial charge in [0.05, 0.1) is 17.8 Å². The first-order chi connectivity index (χ1) is 6.59. The van der Waals surface area contributed by atoms with Crippen molar-refractivity contribution in [2.45, 2.75) is 44.5 Å². The Morgan fingerprint density at radius 2 is 2.00 bits per heavy atom. The van der Waals surface area contributed by atoms with E-state index in [4.69, 9.17) is 10.5 Å². The zero-order valence-electron chi connectivity index (χ0n) is 9.03. The molecule has 0 amide bonds. The summed E-state index contributed by atoms with van der Waals surface area (Å²) in [5.41, 5.74) is 5.59. The van der Waals surface area contributed by atoms with E-state index in [-0.39, 0.29) is 11.7 Å². The Labute approximate surface area is 90.4 Å². The van der Waals surface area contributed by atoms with Gasteiger partial charge < -0.3 is 15.6 Å². The Balaban J connectivity index is 2.51. The molecule has 1 rings (SSSR count).